The number of anilines is 1. The van der Waals surface area contributed by atoms with Gasteiger partial charge in [0.05, 0.1) is 0 Å². The molecule has 0 bridgehead atoms. The summed E-state index contributed by atoms with van der Waals surface area (Å²) in [5, 5.41) is 4.98. The lowest BCUT2D eigenvalue weighted by Gasteiger charge is -2.09. The van der Waals surface area contributed by atoms with Gasteiger partial charge < -0.3 is 24.8 Å². The van der Waals surface area contributed by atoms with Gasteiger partial charge in [0.2, 0.25) is 0 Å². The fourth-order valence-corrected chi connectivity index (χ4v) is 2.17. The monoisotopic (exact) mass is 372 g/mol. The van der Waals surface area contributed by atoms with Crippen LogP contribution in [-0.2, 0) is 6.54 Å². The van der Waals surface area contributed by atoms with Crippen LogP contribution in [0.25, 0.3) is 0 Å². The summed E-state index contributed by atoms with van der Waals surface area (Å²) >= 11 is 0. The largest absolute Gasteiger partial charge is 0.586 e. The van der Waals surface area contributed by atoms with Crippen LogP contribution in [0, 0.1) is 0 Å². The molecule has 0 saturated carbocycles. The molecule has 0 radical (unpaired) electrons. The van der Waals surface area contributed by atoms with E-state index in [1.54, 1.807) is 0 Å². The number of amides is 2. The molecule has 1 heterocycles. The predicted molar refractivity (Wildman–Crippen MR) is 81.6 cm³/mol. The lowest BCUT2D eigenvalue weighted by molar-refractivity contribution is -0.286. The minimum atomic E-state index is -3.73. The van der Waals surface area contributed by atoms with Crippen molar-refractivity contribution in [3.8, 4) is 17.2 Å². The maximum atomic E-state index is 12.9. The van der Waals surface area contributed by atoms with Crippen LogP contribution in [0.5, 0.6) is 17.2 Å². The number of urea groups is 1. The number of fused-ring (bicyclic) bond motifs is 1. The second-order valence-corrected chi connectivity index (χ2v) is 5.16. The molecule has 2 aromatic carbocycles. The van der Waals surface area contributed by atoms with Crippen LogP contribution in [0.4, 0.5) is 28.0 Å². The lowest BCUT2D eigenvalue weighted by Crippen LogP contribution is -2.28. The molecule has 0 atom stereocenters. The lowest BCUT2D eigenvalue weighted by atomic mass is 10.2. The topological polar surface area (TPSA) is 68.8 Å². The Labute approximate surface area is 144 Å². The van der Waals surface area contributed by atoms with E-state index in [2.05, 4.69) is 24.8 Å². The van der Waals surface area contributed by atoms with Crippen molar-refractivity contribution in [3.05, 3.63) is 48.0 Å². The van der Waals surface area contributed by atoms with Crippen LogP contribution < -0.4 is 24.8 Å². The third-order valence-corrected chi connectivity index (χ3v) is 3.26. The van der Waals surface area contributed by atoms with Gasteiger partial charge in [-0.1, -0.05) is 12.1 Å². The standard InChI is InChI=1S/C16H12F4N2O4/c17-14(18)24-11-4-1-9(2-5-11)8-21-15(23)22-10-3-6-12-13(7-10)26-16(19,20)25-12/h1-7,14H,8H2,(H2,21,22,23). The van der Waals surface area contributed by atoms with Crippen LogP contribution >= 0.6 is 0 Å². The maximum absolute atomic E-state index is 12.9. The van der Waals surface area contributed by atoms with Crippen molar-refractivity contribution in [3.63, 3.8) is 0 Å². The highest BCUT2D eigenvalue weighted by atomic mass is 19.3. The van der Waals surface area contributed by atoms with Crippen molar-refractivity contribution in [2.75, 3.05) is 5.32 Å². The molecule has 0 saturated heterocycles. The second-order valence-electron chi connectivity index (χ2n) is 5.16. The van der Waals surface area contributed by atoms with Gasteiger partial charge in [-0.2, -0.15) is 8.78 Å². The van der Waals surface area contributed by atoms with E-state index in [0.29, 0.717) is 5.56 Å². The van der Waals surface area contributed by atoms with E-state index in [0.717, 1.165) is 0 Å². The molecule has 10 heteroatoms. The number of hydrogen-bond donors (Lipinski definition) is 2. The molecule has 6 nitrogen and oxygen atoms in total. The minimum absolute atomic E-state index is 0.00497. The number of nitrogens with one attached hydrogen (secondary N) is 2. The highest BCUT2D eigenvalue weighted by molar-refractivity contribution is 5.89. The molecule has 1 aliphatic rings. The summed E-state index contributed by atoms with van der Waals surface area (Å²) in [6.45, 7) is -2.80. The molecule has 0 unspecified atom stereocenters. The number of halogens is 4. The summed E-state index contributed by atoms with van der Waals surface area (Å²) in [5.41, 5.74) is 0.871. The number of ether oxygens (including phenoxy) is 3. The average Bonchev–Trinajstić information content (AvgIpc) is 2.87. The van der Waals surface area contributed by atoms with Crippen LogP contribution in [0.2, 0.25) is 0 Å². The Morgan fingerprint density at radius 1 is 1.08 bits per heavy atom. The van der Waals surface area contributed by atoms with Crippen LogP contribution in [-0.4, -0.2) is 18.9 Å². The molecule has 2 N–H and O–H groups in total. The highest BCUT2D eigenvalue weighted by Gasteiger charge is 2.43. The van der Waals surface area contributed by atoms with Gasteiger partial charge in [-0.25, -0.2) is 4.79 Å². The Morgan fingerprint density at radius 2 is 1.77 bits per heavy atom. The van der Waals surface area contributed by atoms with Crippen LogP contribution in [0.1, 0.15) is 5.56 Å². The molecule has 0 aromatic heterocycles. The van der Waals surface area contributed by atoms with Crippen LogP contribution in [0.3, 0.4) is 0 Å². The van der Waals surface area contributed by atoms with Gasteiger partial charge in [-0.05, 0) is 29.8 Å². The van der Waals surface area contributed by atoms with Gasteiger partial charge in [0, 0.05) is 18.3 Å². The zero-order valence-electron chi connectivity index (χ0n) is 13.0. The zero-order chi connectivity index (χ0) is 18.7. The van der Waals surface area contributed by atoms with E-state index in [4.69, 9.17) is 0 Å². The molecule has 26 heavy (non-hydrogen) atoms. The number of hydrogen-bond acceptors (Lipinski definition) is 4. The zero-order valence-corrected chi connectivity index (χ0v) is 13.0. The first-order valence-corrected chi connectivity index (χ1v) is 7.29. The van der Waals surface area contributed by atoms with Crippen molar-refractivity contribution in [1.82, 2.24) is 5.32 Å². The molecule has 138 valence electrons. The number of rotatable bonds is 5. The van der Waals surface area contributed by atoms with E-state index >= 15 is 0 Å². The summed E-state index contributed by atoms with van der Waals surface area (Å²) in [6.07, 6.45) is -3.73. The van der Waals surface area contributed by atoms with Gasteiger partial charge in [0.25, 0.3) is 0 Å². The molecular formula is C16H12F4N2O4. The summed E-state index contributed by atoms with van der Waals surface area (Å²) in [7, 11) is 0. The normalized spacial score (nSPS) is 14.2. The summed E-state index contributed by atoms with van der Waals surface area (Å²) < 4.78 is 62.8. The number of benzene rings is 2. The van der Waals surface area contributed by atoms with Gasteiger partial charge >= 0.3 is 18.9 Å². The van der Waals surface area contributed by atoms with E-state index in [9.17, 15) is 22.4 Å². The fourth-order valence-electron chi connectivity index (χ4n) is 2.17. The van der Waals surface area contributed by atoms with Gasteiger partial charge in [-0.15, -0.1) is 8.78 Å². The SMILES string of the molecule is O=C(NCc1ccc(OC(F)F)cc1)Nc1ccc2c(c1)OC(F)(F)O2. The third-order valence-electron chi connectivity index (χ3n) is 3.26. The molecular weight excluding hydrogens is 360 g/mol. The van der Waals surface area contributed by atoms with E-state index in [1.807, 2.05) is 0 Å². The van der Waals surface area contributed by atoms with Crippen molar-refractivity contribution in [2.24, 2.45) is 0 Å². The van der Waals surface area contributed by atoms with Gasteiger partial charge in [0.1, 0.15) is 5.75 Å². The molecule has 0 spiro atoms. The number of carbonyl (C=O) groups is 1. The smallest absolute Gasteiger partial charge is 0.435 e. The summed E-state index contributed by atoms with van der Waals surface area (Å²) in [4.78, 5) is 11.9. The maximum Gasteiger partial charge on any atom is 0.586 e. The summed E-state index contributed by atoms with van der Waals surface area (Å²) in [5.74, 6) is -0.320. The van der Waals surface area contributed by atoms with Crippen LogP contribution in [0.15, 0.2) is 42.5 Å². The second kappa shape index (κ2) is 6.98. The first-order chi connectivity index (χ1) is 12.3. The first kappa shape index (κ1) is 17.6. The van der Waals surface area contributed by atoms with Gasteiger partial charge in [-0.3, -0.25) is 0 Å². The van der Waals surface area contributed by atoms with E-state index in [1.165, 1.54) is 42.5 Å². The number of carbonyl (C=O) groups excluding carboxylic acids is 1. The van der Waals surface area contributed by atoms with Crippen molar-refractivity contribution < 1.29 is 36.6 Å². The first-order valence-electron chi connectivity index (χ1n) is 7.29. The quantitative estimate of drug-likeness (QED) is 0.781. The Kier molecular flexibility index (Phi) is 4.74. The molecule has 2 amide bonds. The van der Waals surface area contributed by atoms with E-state index < -0.39 is 18.9 Å². The highest BCUT2D eigenvalue weighted by Crippen LogP contribution is 2.42. The van der Waals surface area contributed by atoms with E-state index in [-0.39, 0.29) is 29.5 Å². The Morgan fingerprint density at radius 3 is 2.46 bits per heavy atom. The van der Waals surface area contributed by atoms with Crippen molar-refractivity contribution in [1.29, 1.82) is 0 Å². The fraction of sp³-hybridized carbons (Fsp3) is 0.188. The van der Waals surface area contributed by atoms with Gasteiger partial charge in [0.15, 0.2) is 11.5 Å². The van der Waals surface area contributed by atoms with Crippen molar-refractivity contribution >= 4 is 11.7 Å². The predicted octanol–water partition coefficient (Wildman–Crippen LogP) is 3.93. The Balaban J connectivity index is 1.52. The summed E-state index contributed by atoms with van der Waals surface area (Å²) in [6, 6.07) is 8.95. The molecule has 0 aliphatic carbocycles. The molecule has 0 fully saturated rings. The average molecular weight is 372 g/mol. The Bertz CT molecular complexity index is 799. The number of alkyl halides is 4. The molecule has 1 aliphatic heterocycles. The third kappa shape index (κ3) is 4.47. The Hall–Kier alpha value is -3.17. The molecule has 3 rings (SSSR count). The van der Waals surface area contributed by atoms with Crippen molar-refractivity contribution in [2.45, 2.75) is 19.5 Å². The minimum Gasteiger partial charge on any atom is -0.435 e. The molecule has 2 aromatic rings.